The van der Waals surface area contributed by atoms with Gasteiger partial charge in [-0.05, 0) is 30.0 Å². The largest absolute Gasteiger partial charge is 0.461 e. The molecule has 0 fully saturated rings. The first kappa shape index (κ1) is 15.0. The zero-order valence-electron chi connectivity index (χ0n) is 11.5. The summed E-state index contributed by atoms with van der Waals surface area (Å²) in [6.07, 6.45) is 2.01. The second-order valence-corrected chi connectivity index (χ2v) is 5.61. The molecule has 2 rings (SSSR count). The maximum absolute atomic E-state index is 12.0. The van der Waals surface area contributed by atoms with Crippen molar-refractivity contribution in [2.75, 3.05) is 6.61 Å². The van der Waals surface area contributed by atoms with Gasteiger partial charge in [-0.25, -0.2) is 4.79 Å². The van der Waals surface area contributed by atoms with Crippen LogP contribution in [0.5, 0.6) is 0 Å². The summed E-state index contributed by atoms with van der Waals surface area (Å²) in [6, 6.07) is 7.59. The molecule has 0 saturated heterocycles. The van der Waals surface area contributed by atoms with E-state index in [1.165, 1.54) is 6.20 Å². The van der Waals surface area contributed by atoms with Gasteiger partial charge in [0.1, 0.15) is 12.2 Å². The number of H-pyrrole nitrogens is 1. The van der Waals surface area contributed by atoms with Gasteiger partial charge in [0.15, 0.2) is 0 Å². The van der Waals surface area contributed by atoms with Crippen LogP contribution in [0.25, 0.3) is 0 Å². The number of aromatic amines is 1. The number of nitrogens with zero attached hydrogens (tertiary/aromatic N) is 1. The molecule has 0 bridgehead atoms. The molecule has 0 aliphatic rings. The number of aryl methyl sites for hydroxylation is 1. The second-order valence-electron chi connectivity index (χ2n) is 4.57. The molecule has 2 aromatic rings. The van der Waals surface area contributed by atoms with Crippen LogP contribution in [0.3, 0.4) is 0 Å². The van der Waals surface area contributed by atoms with Crippen LogP contribution in [-0.4, -0.2) is 17.6 Å². The summed E-state index contributed by atoms with van der Waals surface area (Å²) >= 11 is 1.56. The van der Waals surface area contributed by atoms with Gasteiger partial charge in [-0.2, -0.15) is 5.26 Å². The lowest BCUT2D eigenvalue weighted by Crippen LogP contribution is -2.23. The Labute approximate surface area is 125 Å². The van der Waals surface area contributed by atoms with Gasteiger partial charge in [-0.1, -0.05) is 6.07 Å². The Morgan fingerprint density at radius 2 is 2.33 bits per heavy atom. The number of nitrogens with one attached hydrogen (secondary N) is 1. The maximum Gasteiger partial charge on any atom is 0.344 e. The van der Waals surface area contributed by atoms with Gasteiger partial charge in [0.2, 0.25) is 0 Å². The van der Waals surface area contributed by atoms with Crippen molar-refractivity contribution in [2.45, 2.75) is 13.3 Å². The van der Waals surface area contributed by atoms with Crippen molar-refractivity contribution in [2.24, 2.45) is 5.92 Å². The summed E-state index contributed by atoms with van der Waals surface area (Å²) in [4.78, 5) is 27.1. The zero-order chi connectivity index (χ0) is 15.2. The minimum absolute atomic E-state index is 0.00897. The molecule has 1 N–H and O–H groups in total. The molecule has 0 spiro atoms. The van der Waals surface area contributed by atoms with Crippen LogP contribution in [0, 0.1) is 24.2 Å². The Morgan fingerprint density at radius 1 is 1.52 bits per heavy atom. The summed E-state index contributed by atoms with van der Waals surface area (Å²) in [5, 5.41) is 11.0. The van der Waals surface area contributed by atoms with Gasteiger partial charge in [-0.3, -0.25) is 4.79 Å². The van der Waals surface area contributed by atoms with Crippen molar-refractivity contribution in [3.63, 3.8) is 0 Å². The smallest absolute Gasteiger partial charge is 0.344 e. The molecule has 0 aliphatic carbocycles. The van der Waals surface area contributed by atoms with Crippen molar-refractivity contribution < 1.29 is 9.53 Å². The van der Waals surface area contributed by atoms with E-state index in [0.717, 1.165) is 4.88 Å². The molecule has 2 aromatic heterocycles. The van der Waals surface area contributed by atoms with E-state index in [9.17, 15) is 9.59 Å². The predicted molar refractivity (Wildman–Crippen MR) is 79.2 cm³/mol. The lowest BCUT2D eigenvalue weighted by Gasteiger charge is -2.09. The lowest BCUT2D eigenvalue weighted by molar-refractivity contribution is 0.0465. The quantitative estimate of drug-likeness (QED) is 0.859. The fourth-order valence-corrected chi connectivity index (χ4v) is 2.68. The van der Waals surface area contributed by atoms with E-state index >= 15 is 0 Å². The molecule has 0 unspecified atom stereocenters. The molecular weight excluding hydrogens is 288 g/mol. The maximum atomic E-state index is 12.0. The number of hydrogen-bond donors (Lipinski definition) is 1. The topological polar surface area (TPSA) is 82.9 Å². The van der Waals surface area contributed by atoms with Crippen LogP contribution in [-0.2, 0) is 11.2 Å². The Balaban J connectivity index is 2.00. The van der Waals surface area contributed by atoms with Crippen LogP contribution in [0.15, 0.2) is 34.6 Å². The Hall–Kier alpha value is -2.39. The van der Waals surface area contributed by atoms with Crippen molar-refractivity contribution in [1.82, 2.24) is 4.98 Å². The Morgan fingerprint density at radius 3 is 2.95 bits per heavy atom. The third kappa shape index (κ3) is 3.80. The van der Waals surface area contributed by atoms with E-state index in [0.29, 0.717) is 12.0 Å². The average Bonchev–Trinajstić information content (AvgIpc) is 2.96. The van der Waals surface area contributed by atoms with Crippen LogP contribution < -0.4 is 5.56 Å². The van der Waals surface area contributed by atoms with Gasteiger partial charge in [-0.15, -0.1) is 11.3 Å². The third-order valence-corrected chi connectivity index (χ3v) is 3.90. The van der Waals surface area contributed by atoms with Crippen LogP contribution in [0.2, 0.25) is 0 Å². The molecule has 108 valence electrons. The van der Waals surface area contributed by atoms with E-state index in [-0.39, 0.29) is 12.2 Å². The molecule has 0 aromatic carbocycles. The fourth-order valence-electron chi connectivity index (χ4n) is 1.89. The number of carbonyl (C=O) groups excluding carboxylic acids is 1. The summed E-state index contributed by atoms with van der Waals surface area (Å²) in [7, 11) is 0. The fraction of sp³-hybridized carbons (Fsp3) is 0.267. The van der Waals surface area contributed by atoms with Gasteiger partial charge in [0.25, 0.3) is 5.56 Å². The van der Waals surface area contributed by atoms with Gasteiger partial charge < -0.3 is 9.72 Å². The highest BCUT2D eigenvalue weighted by Crippen LogP contribution is 2.15. The molecule has 0 radical (unpaired) electrons. The van der Waals surface area contributed by atoms with Crippen molar-refractivity contribution in [3.8, 4) is 6.07 Å². The SMILES string of the molecule is Cc1cc[nH]c(=O)c1C(=O)OC[C@H](C#N)Cc1cccs1. The third-order valence-electron chi connectivity index (χ3n) is 3.00. The standard InChI is InChI=1S/C15H14N2O3S/c1-10-4-5-17-14(18)13(10)15(19)20-9-11(8-16)7-12-3-2-6-21-12/h2-6,11H,7,9H2,1H3,(H,17,18)/t11-/m0/s1. The van der Waals surface area contributed by atoms with Crippen molar-refractivity contribution in [3.05, 3.63) is 56.1 Å². The van der Waals surface area contributed by atoms with E-state index in [4.69, 9.17) is 10.00 Å². The minimum Gasteiger partial charge on any atom is -0.461 e. The normalized spacial score (nSPS) is 11.6. The molecule has 0 aliphatic heterocycles. The van der Waals surface area contributed by atoms with E-state index in [1.54, 1.807) is 24.3 Å². The Kier molecular flexibility index (Phi) is 4.90. The minimum atomic E-state index is -0.694. The first-order valence-electron chi connectivity index (χ1n) is 6.39. The summed E-state index contributed by atoms with van der Waals surface area (Å²) in [6.45, 7) is 1.64. The Bertz CT molecular complexity index is 713. The molecular formula is C15H14N2O3S. The number of ether oxygens (including phenoxy) is 1. The second kappa shape index (κ2) is 6.86. The monoisotopic (exact) mass is 302 g/mol. The number of nitriles is 1. The van der Waals surface area contributed by atoms with Crippen LogP contribution in [0.1, 0.15) is 20.8 Å². The summed E-state index contributed by atoms with van der Waals surface area (Å²) in [5.74, 6) is -1.11. The van der Waals surface area contributed by atoms with Gasteiger partial charge in [0, 0.05) is 17.5 Å². The highest BCUT2D eigenvalue weighted by Gasteiger charge is 2.18. The zero-order valence-corrected chi connectivity index (χ0v) is 12.3. The highest BCUT2D eigenvalue weighted by atomic mass is 32.1. The van der Waals surface area contributed by atoms with Crippen molar-refractivity contribution in [1.29, 1.82) is 5.26 Å². The first-order valence-corrected chi connectivity index (χ1v) is 7.27. The number of esters is 1. The van der Waals surface area contributed by atoms with E-state index < -0.39 is 17.4 Å². The van der Waals surface area contributed by atoms with E-state index in [2.05, 4.69) is 11.1 Å². The van der Waals surface area contributed by atoms with Crippen LogP contribution >= 0.6 is 11.3 Å². The number of pyridine rings is 1. The van der Waals surface area contributed by atoms with E-state index in [1.807, 2.05) is 17.5 Å². The summed E-state index contributed by atoms with van der Waals surface area (Å²) in [5.41, 5.74) is 0.0626. The molecule has 0 amide bonds. The lowest BCUT2D eigenvalue weighted by atomic mass is 10.1. The molecule has 0 saturated carbocycles. The molecule has 21 heavy (non-hydrogen) atoms. The van der Waals surface area contributed by atoms with Gasteiger partial charge in [0.05, 0.1) is 12.0 Å². The molecule has 5 nitrogen and oxygen atoms in total. The number of hydrogen-bond acceptors (Lipinski definition) is 5. The summed E-state index contributed by atoms with van der Waals surface area (Å²) < 4.78 is 5.11. The van der Waals surface area contributed by atoms with Crippen molar-refractivity contribution >= 4 is 17.3 Å². The number of aromatic nitrogens is 1. The van der Waals surface area contributed by atoms with Crippen LogP contribution in [0.4, 0.5) is 0 Å². The molecule has 1 atom stereocenters. The highest BCUT2D eigenvalue weighted by molar-refractivity contribution is 7.09. The first-order chi connectivity index (χ1) is 10.1. The molecule has 6 heteroatoms. The predicted octanol–water partition coefficient (Wildman–Crippen LogP) is 2.28. The average molecular weight is 302 g/mol. The number of thiophene rings is 1. The number of rotatable bonds is 5. The molecule has 2 heterocycles. The number of carbonyl (C=O) groups is 1. The van der Waals surface area contributed by atoms with Gasteiger partial charge >= 0.3 is 5.97 Å².